The number of amides is 2. The van der Waals surface area contributed by atoms with Crippen molar-refractivity contribution in [2.75, 3.05) is 13.2 Å². The monoisotopic (exact) mass is 568 g/mol. The molecule has 1 atom stereocenters. The maximum Gasteiger partial charge on any atom is 0.407 e. The van der Waals surface area contributed by atoms with Crippen molar-refractivity contribution in [2.45, 2.75) is 50.3 Å². The Morgan fingerprint density at radius 1 is 0.905 bits per heavy atom. The number of carbonyl (C=O) groups excluding carboxylic acids is 3. The van der Waals surface area contributed by atoms with Crippen LogP contribution in [0.3, 0.4) is 0 Å². The molecule has 42 heavy (non-hydrogen) atoms. The molecule has 9 nitrogen and oxygen atoms in total. The molecule has 0 unspecified atom stereocenters. The number of hydrogen-bond donors (Lipinski definition) is 2. The molecule has 2 aliphatic heterocycles. The first-order valence-electron chi connectivity index (χ1n) is 14.1. The Labute approximate surface area is 243 Å². The van der Waals surface area contributed by atoms with Gasteiger partial charge in [-0.05, 0) is 46.1 Å². The summed E-state index contributed by atoms with van der Waals surface area (Å²) in [6.07, 6.45) is -0.666. The van der Waals surface area contributed by atoms with Crippen LogP contribution in [0.4, 0.5) is 4.79 Å². The van der Waals surface area contributed by atoms with Crippen LogP contribution in [0.5, 0.6) is 0 Å². The number of carbonyl (C=O) groups is 4. The quantitative estimate of drug-likeness (QED) is 0.365. The highest BCUT2D eigenvalue weighted by atomic mass is 16.5. The fourth-order valence-corrected chi connectivity index (χ4v) is 6.89. The van der Waals surface area contributed by atoms with E-state index < -0.39 is 41.9 Å². The standard InChI is InChI=1S/C33H32N2O7/c1-32-18-33(19-32,30(38)39)35(20-32)29(37)27(15-28(36)41-16-21-9-3-2-4-10-21)34-31(40)42-17-26-24-13-7-5-11-22(24)23-12-6-8-14-25(23)26/h2-14,26-27H,15-20H2,1H3,(H,34,40)(H,38,39)/t27-,32?,33?/m0/s1. The first-order chi connectivity index (χ1) is 20.2. The van der Waals surface area contributed by atoms with Gasteiger partial charge in [-0.15, -0.1) is 0 Å². The Kier molecular flexibility index (Phi) is 6.96. The third-order valence-electron chi connectivity index (χ3n) is 8.71. The molecule has 2 aliphatic carbocycles. The summed E-state index contributed by atoms with van der Waals surface area (Å²) >= 11 is 0. The molecule has 2 heterocycles. The predicted octanol–water partition coefficient (Wildman–Crippen LogP) is 4.49. The lowest BCUT2D eigenvalue weighted by Gasteiger charge is -2.43. The molecule has 9 heteroatoms. The molecule has 216 valence electrons. The number of rotatable bonds is 9. The van der Waals surface area contributed by atoms with Gasteiger partial charge in [0.2, 0.25) is 5.91 Å². The van der Waals surface area contributed by atoms with Crippen LogP contribution in [0.2, 0.25) is 0 Å². The minimum atomic E-state index is -1.34. The molecule has 0 aromatic heterocycles. The van der Waals surface area contributed by atoms with Crippen LogP contribution in [0.25, 0.3) is 11.1 Å². The maximum absolute atomic E-state index is 13.8. The molecule has 2 N–H and O–H groups in total. The van der Waals surface area contributed by atoms with E-state index in [2.05, 4.69) is 5.32 Å². The number of nitrogens with zero attached hydrogens (tertiary/aromatic N) is 1. The van der Waals surface area contributed by atoms with E-state index in [0.717, 1.165) is 27.8 Å². The predicted molar refractivity (Wildman–Crippen MR) is 152 cm³/mol. The smallest absolute Gasteiger partial charge is 0.407 e. The van der Waals surface area contributed by atoms with E-state index >= 15 is 0 Å². The Morgan fingerprint density at radius 3 is 2.12 bits per heavy atom. The van der Waals surface area contributed by atoms with Crippen LogP contribution in [0.15, 0.2) is 78.9 Å². The van der Waals surface area contributed by atoms with Crippen LogP contribution in [0, 0.1) is 5.41 Å². The van der Waals surface area contributed by atoms with E-state index in [1.165, 1.54) is 4.90 Å². The fourth-order valence-electron chi connectivity index (χ4n) is 6.89. The van der Waals surface area contributed by atoms with Crippen LogP contribution in [-0.4, -0.2) is 58.7 Å². The molecular weight excluding hydrogens is 536 g/mol. The number of esters is 1. The highest BCUT2D eigenvalue weighted by molar-refractivity contribution is 5.95. The largest absolute Gasteiger partial charge is 0.479 e. The number of ether oxygens (including phenoxy) is 2. The van der Waals surface area contributed by atoms with Gasteiger partial charge < -0.3 is 24.8 Å². The molecule has 4 aliphatic rings. The Morgan fingerprint density at radius 2 is 1.50 bits per heavy atom. The normalized spacial score (nSPS) is 22.4. The van der Waals surface area contributed by atoms with Gasteiger partial charge in [-0.25, -0.2) is 9.59 Å². The van der Waals surface area contributed by atoms with Gasteiger partial charge in [-0.2, -0.15) is 0 Å². The van der Waals surface area contributed by atoms with Crippen molar-refractivity contribution in [3.63, 3.8) is 0 Å². The number of carboxylic acid groups (broad SMARTS) is 1. The van der Waals surface area contributed by atoms with Crippen LogP contribution >= 0.6 is 0 Å². The minimum absolute atomic E-state index is 0.00633. The van der Waals surface area contributed by atoms with E-state index in [4.69, 9.17) is 9.47 Å². The number of nitrogens with one attached hydrogen (secondary N) is 1. The third-order valence-corrected chi connectivity index (χ3v) is 8.71. The number of fused-ring (bicyclic) bond motifs is 4. The second-order valence-electron chi connectivity index (χ2n) is 11.8. The lowest BCUT2D eigenvalue weighted by molar-refractivity contribution is -0.161. The van der Waals surface area contributed by atoms with Crippen molar-refractivity contribution >= 4 is 23.9 Å². The summed E-state index contributed by atoms with van der Waals surface area (Å²) in [6, 6.07) is 23.6. The van der Waals surface area contributed by atoms with Crippen LogP contribution in [0.1, 0.15) is 48.8 Å². The SMILES string of the molecule is CC12CN(C(=O)[C@H](CC(=O)OCc3ccccc3)NC(=O)OCC3c4ccccc4-c4ccccc43)C(C(=O)O)(C1)C2. The van der Waals surface area contributed by atoms with Gasteiger partial charge in [-0.1, -0.05) is 85.8 Å². The van der Waals surface area contributed by atoms with Gasteiger partial charge >= 0.3 is 18.0 Å². The number of benzene rings is 3. The summed E-state index contributed by atoms with van der Waals surface area (Å²) in [5.41, 5.74) is 3.37. The van der Waals surface area contributed by atoms with Gasteiger partial charge in [-0.3, -0.25) is 9.59 Å². The lowest BCUT2D eigenvalue weighted by atomic mass is 9.63. The lowest BCUT2D eigenvalue weighted by Crippen LogP contribution is -2.60. The molecule has 2 bridgehead atoms. The van der Waals surface area contributed by atoms with Crippen LogP contribution in [-0.2, 0) is 30.5 Å². The minimum Gasteiger partial charge on any atom is -0.479 e. The summed E-state index contributed by atoms with van der Waals surface area (Å²) in [5.74, 6) is -2.60. The summed E-state index contributed by atoms with van der Waals surface area (Å²) in [7, 11) is 0. The Bertz CT molecular complexity index is 1500. The van der Waals surface area contributed by atoms with Crippen molar-refractivity contribution in [3.8, 4) is 11.1 Å². The fraction of sp³-hybridized carbons (Fsp3) is 0.333. The molecular formula is C33H32N2O7. The van der Waals surface area contributed by atoms with Crippen molar-refractivity contribution < 1.29 is 33.8 Å². The second-order valence-corrected chi connectivity index (χ2v) is 11.8. The van der Waals surface area contributed by atoms with Crippen LogP contribution < -0.4 is 5.32 Å². The number of hydrogen-bond acceptors (Lipinski definition) is 6. The van der Waals surface area contributed by atoms with Gasteiger partial charge in [0.1, 0.15) is 24.8 Å². The zero-order valence-corrected chi connectivity index (χ0v) is 23.2. The first kappa shape index (κ1) is 27.5. The highest BCUT2D eigenvalue weighted by Crippen LogP contribution is 2.59. The summed E-state index contributed by atoms with van der Waals surface area (Å²) in [6.45, 7) is 2.20. The Balaban J connectivity index is 1.16. The highest BCUT2D eigenvalue weighted by Gasteiger charge is 2.69. The van der Waals surface area contributed by atoms with Gasteiger partial charge in [0, 0.05) is 12.5 Å². The molecule has 2 saturated heterocycles. The van der Waals surface area contributed by atoms with Crippen molar-refractivity contribution in [3.05, 3.63) is 95.6 Å². The molecule has 2 amide bonds. The molecule has 3 aromatic rings. The second kappa shape index (κ2) is 10.6. The molecule has 7 rings (SSSR count). The number of alkyl carbamates (subject to hydrolysis) is 1. The molecule has 0 radical (unpaired) electrons. The molecule has 3 fully saturated rings. The maximum atomic E-state index is 13.8. The van der Waals surface area contributed by atoms with E-state index in [1.54, 1.807) is 12.1 Å². The van der Waals surface area contributed by atoms with Gasteiger partial charge in [0.15, 0.2) is 0 Å². The third kappa shape index (κ3) is 4.89. The average Bonchev–Trinajstić information content (AvgIpc) is 3.58. The van der Waals surface area contributed by atoms with E-state index in [0.29, 0.717) is 12.8 Å². The van der Waals surface area contributed by atoms with Gasteiger partial charge in [0.05, 0.1) is 6.42 Å². The number of aliphatic carboxylic acids is 1. The number of carboxylic acids is 1. The van der Waals surface area contributed by atoms with E-state index in [9.17, 15) is 24.3 Å². The summed E-state index contributed by atoms with van der Waals surface area (Å²) in [4.78, 5) is 53.2. The summed E-state index contributed by atoms with van der Waals surface area (Å²) in [5, 5.41) is 12.5. The zero-order valence-electron chi connectivity index (χ0n) is 23.2. The molecule has 1 saturated carbocycles. The summed E-state index contributed by atoms with van der Waals surface area (Å²) < 4.78 is 11.0. The topological polar surface area (TPSA) is 122 Å². The molecule has 3 aromatic carbocycles. The van der Waals surface area contributed by atoms with Crippen molar-refractivity contribution in [1.29, 1.82) is 0 Å². The van der Waals surface area contributed by atoms with E-state index in [1.807, 2.05) is 73.7 Å². The van der Waals surface area contributed by atoms with E-state index in [-0.39, 0.29) is 31.1 Å². The zero-order chi connectivity index (χ0) is 29.5. The first-order valence-corrected chi connectivity index (χ1v) is 14.1. The average molecular weight is 569 g/mol. The van der Waals surface area contributed by atoms with Crippen molar-refractivity contribution in [2.24, 2.45) is 5.41 Å². The molecule has 0 spiro atoms. The van der Waals surface area contributed by atoms with Crippen molar-refractivity contribution in [1.82, 2.24) is 10.2 Å². The Hall–Kier alpha value is -4.66. The van der Waals surface area contributed by atoms with Gasteiger partial charge in [0.25, 0.3) is 0 Å².